The number of aliphatic carboxylic acids is 1. The van der Waals surface area contributed by atoms with E-state index in [-0.39, 0.29) is 12.4 Å². The maximum Gasteiger partial charge on any atom is 0.340 e. The predicted molar refractivity (Wildman–Crippen MR) is 101 cm³/mol. The number of nitrogens with one attached hydrogen (secondary N) is 1. The summed E-state index contributed by atoms with van der Waals surface area (Å²) in [6.45, 7) is -0.892. The molecule has 0 unspecified atom stereocenters. The third-order valence-corrected chi connectivity index (χ3v) is 4.01. The number of benzene rings is 1. The Morgan fingerprint density at radius 3 is 2.34 bits per heavy atom. The highest BCUT2D eigenvalue weighted by Crippen LogP contribution is 2.14. The fourth-order valence-electron chi connectivity index (χ4n) is 2.68. The summed E-state index contributed by atoms with van der Waals surface area (Å²) in [6.07, 6.45) is 1.36. The van der Waals surface area contributed by atoms with E-state index in [2.05, 4.69) is 4.98 Å². The predicted octanol–water partition coefficient (Wildman–Crippen LogP) is -0.0375. The molecule has 0 atom stereocenters. The van der Waals surface area contributed by atoms with Gasteiger partial charge in [-0.1, -0.05) is 36.4 Å². The zero-order valence-corrected chi connectivity index (χ0v) is 15.0. The lowest BCUT2D eigenvalue weighted by molar-refractivity contribution is -0.135. The van der Waals surface area contributed by atoms with Crippen molar-refractivity contribution >= 4 is 11.9 Å². The van der Waals surface area contributed by atoms with Crippen LogP contribution in [-0.2, 0) is 11.3 Å². The Kier molecular flexibility index (Phi) is 5.54. The second-order valence-corrected chi connectivity index (χ2v) is 5.96. The second-order valence-electron chi connectivity index (χ2n) is 5.96. The van der Waals surface area contributed by atoms with Crippen molar-refractivity contribution in [3.8, 4) is 11.7 Å². The summed E-state index contributed by atoms with van der Waals surface area (Å²) in [4.78, 5) is 52.9. The van der Waals surface area contributed by atoms with Crippen molar-refractivity contribution in [2.75, 3.05) is 6.54 Å². The van der Waals surface area contributed by atoms with Gasteiger partial charge in [-0.3, -0.25) is 19.0 Å². The molecule has 0 fully saturated rings. The van der Waals surface area contributed by atoms with Crippen LogP contribution in [0.4, 0.5) is 0 Å². The summed E-state index contributed by atoms with van der Waals surface area (Å²) >= 11 is 0. The highest BCUT2D eigenvalue weighted by molar-refractivity contribution is 5.97. The lowest BCUT2D eigenvalue weighted by atomic mass is 10.2. The summed E-state index contributed by atoms with van der Waals surface area (Å²) in [5.74, 6) is -3.36. The van der Waals surface area contributed by atoms with Crippen molar-refractivity contribution in [3.63, 3.8) is 0 Å². The first-order chi connectivity index (χ1) is 13.9. The molecule has 2 heterocycles. The molecule has 3 N–H and O–H groups in total. The van der Waals surface area contributed by atoms with E-state index in [0.717, 1.165) is 4.57 Å². The Labute approximate surface area is 163 Å². The van der Waals surface area contributed by atoms with E-state index >= 15 is 0 Å². The molecule has 0 aliphatic carbocycles. The zero-order chi connectivity index (χ0) is 21.0. The van der Waals surface area contributed by atoms with Crippen molar-refractivity contribution in [1.29, 1.82) is 0 Å². The number of amides is 1. The van der Waals surface area contributed by atoms with Crippen LogP contribution in [0.3, 0.4) is 0 Å². The Bertz CT molecular complexity index is 1170. The number of carboxylic acids is 1. The van der Waals surface area contributed by atoms with E-state index < -0.39 is 41.1 Å². The topological polar surface area (TPSA) is 144 Å². The maximum atomic E-state index is 13.0. The van der Waals surface area contributed by atoms with Crippen LogP contribution < -0.4 is 16.6 Å². The largest absolute Gasteiger partial charge is 0.494 e. The number of rotatable bonds is 6. The molecule has 0 aliphatic rings. The van der Waals surface area contributed by atoms with E-state index in [1.165, 1.54) is 12.3 Å². The maximum absolute atomic E-state index is 13.0. The van der Waals surface area contributed by atoms with Gasteiger partial charge >= 0.3 is 11.7 Å². The highest BCUT2D eigenvalue weighted by atomic mass is 16.4. The number of nitrogens with zero attached hydrogens (tertiary/aromatic N) is 3. The van der Waals surface area contributed by atoms with Crippen LogP contribution in [0.1, 0.15) is 15.9 Å². The van der Waals surface area contributed by atoms with Crippen LogP contribution in [0, 0.1) is 0 Å². The smallest absolute Gasteiger partial charge is 0.340 e. The molecule has 0 saturated carbocycles. The first-order valence-electron chi connectivity index (χ1n) is 8.44. The first-order valence-corrected chi connectivity index (χ1v) is 8.44. The van der Waals surface area contributed by atoms with Gasteiger partial charge in [0.25, 0.3) is 11.5 Å². The minimum absolute atomic E-state index is 0.0448. The van der Waals surface area contributed by atoms with Gasteiger partial charge in [0.1, 0.15) is 12.4 Å². The summed E-state index contributed by atoms with van der Waals surface area (Å²) in [6, 6.07) is 13.2. The van der Waals surface area contributed by atoms with Crippen LogP contribution in [0.25, 0.3) is 5.82 Å². The Balaban J connectivity index is 2.24. The van der Waals surface area contributed by atoms with Crippen molar-refractivity contribution in [1.82, 2.24) is 19.4 Å². The normalized spacial score (nSPS) is 10.5. The summed E-state index contributed by atoms with van der Waals surface area (Å²) in [5, 5.41) is 21.3. The SMILES string of the molecule is O=C(O)CNC(=O)c1c(O)n(Cc2ccccc2)c(=O)n(-c2ccccn2)c1=O. The van der Waals surface area contributed by atoms with Gasteiger partial charge in [-0.15, -0.1) is 0 Å². The molecule has 0 aliphatic heterocycles. The summed E-state index contributed by atoms with van der Waals surface area (Å²) < 4.78 is 1.50. The van der Waals surface area contributed by atoms with Crippen LogP contribution in [0.5, 0.6) is 5.88 Å². The average Bonchev–Trinajstić information content (AvgIpc) is 2.71. The highest BCUT2D eigenvalue weighted by Gasteiger charge is 2.25. The Hall–Kier alpha value is -4.21. The molecular weight excluding hydrogens is 380 g/mol. The number of hydrogen-bond donors (Lipinski definition) is 3. The van der Waals surface area contributed by atoms with E-state index in [1.807, 2.05) is 5.32 Å². The minimum Gasteiger partial charge on any atom is -0.494 e. The standard InChI is InChI=1S/C19H16N4O6/c24-14(25)10-21-16(26)15-17(27)22(11-12-6-2-1-3-7-12)19(29)23(18(15)28)13-8-4-5-9-20-13/h1-9,27H,10-11H2,(H,21,26)(H,24,25). The van der Waals surface area contributed by atoms with E-state index in [4.69, 9.17) is 5.11 Å². The van der Waals surface area contributed by atoms with Crippen LogP contribution in [-0.4, -0.2) is 42.8 Å². The van der Waals surface area contributed by atoms with Gasteiger partial charge in [0.15, 0.2) is 5.56 Å². The van der Waals surface area contributed by atoms with Crippen LogP contribution in [0.2, 0.25) is 0 Å². The van der Waals surface area contributed by atoms with Crippen molar-refractivity contribution in [3.05, 3.63) is 86.7 Å². The van der Waals surface area contributed by atoms with E-state index in [0.29, 0.717) is 10.1 Å². The van der Waals surface area contributed by atoms with Gasteiger partial charge in [0.05, 0.1) is 6.54 Å². The molecule has 148 valence electrons. The number of pyridine rings is 1. The van der Waals surface area contributed by atoms with Gasteiger partial charge in [-0.05, 0) is 17.7 Å². The monoisotopic (exact) mass is 396 g/mol. The fraction of sp³-hybridized carbons (Fsp3) is 0.105. The first kappa shape index (κ1) is 19.5. The van der Waals surface area contributed by atoms with Gasteiger partial charge in [0, 0.05) is 6.20 Å². The molecule has 1 amide bonds. The lowest BCUT2D eigenvalue weighted by Gasteiger charge is -2.15. The molecule has 29 heavy (non-hydrogen) atoms. The molecule has 0 spiro atoms. The van der Waals surface area contributed by atoms with Gasteiger partial charge in [-0.25, -0.2) is 14.3 Å². The third-order valence-electron chi connectivity index (χ3n) is 4.01. The average molecular weight is 396 g/mol. The van der Waals surface area contributed by atoms with Gasteiger partial charge in [0.2, 0.25) is 5.88 Å². The summed E-state index contributed by atoms with van der Waals surface area (Å²) in [5.41, 5.74) is -2.14. The molecule has 10 nitrogen and oxygen atoms in total. The summed E-state index contributed by atoms with van der Waals surface area (Å²) in [7, 11) is 0. The molecule has 0 bridgehead atoms. The molecule has 3 aromatic rings. The molecule has 0 radical (unpaired) electrons. The Morgan fingerprint density at radius 2 is 1.72 bits per heavy atom. The van der Waals surface area contributed by atoms with E-state index in [1.54, 1.807) is 42.5 Å². The Morgan fingerprint density at radius 1 is 1.03 bits per heavy atom. The van der Waals surface area contributed by atoms with Gasteiger partial charge < -0.3 is 15.5 Å². The van der Waals surface area contributed by atoms with Crippen molar-refractivity contribution in [2.45, 2.75) is 6.54 Å². The number of carbonyl (C=O) groups excluding carboxylic acids is 1. The van der Waals surface area contributed by atoms with Crippen LogP contribution in [0.15, 0.2) is 64.3 Å². The number of aromatic hydroxyl groups is 1. The molecule has 0 saturated heterocycles. The van der Waals surface area contributed by atoms with Crippen molar-refractivity contribution < 1.29 is 19.8 Å². The molecule has 3 rings (SSSR count). The van der Waals surface area contributed by atoms with Crippen molar-refractivity contribution in [2.24, 2.45) is 0 Å². The van der Waals surface area contributed by atoms with Gasteiger partial charge in [-0.2, -0.15) is 0 Å². The molecule has 2 aromatic heterocycles. The lowest BCUT2D eigenvalue weighted by Crippen LogP contribution is -2.44. The fourth-order valence-corrected chi connectivity index (χ4v) is 2.68. The van der Waals surface area contributed by atoms with Crippen LogP contribution >= 0.6 is 0 Å². The third kappa shape index (κ3) is 4.05. The second kappa shape index (κ2) is 8.21. The molecule has 10 heteroatoms. The minimum atomic E-state index is -1.33. The molecular formula is C19H16N4O6. The number of carbonyl (C=O) groups is 2. The number of aromatic nitrogens is 3. The zero-order valence-electron chi connectivity index (χ0n) is 15.0. The number of carboxylic acid groups (broad SMARTS) is 1. The quantitative estimate of drug-likeness (QED) is 0.530. The number of hydrogen-bond acceptors (Lipinski definition) is 6. The molecule has 1 aromatic carbocycles. The van der Waals surface area contributed by atoms with E-state index in [9.17, 15) is 24.3 Å².